The standard InChI is InChI=1S/C25H27Cl2N5O2S/c1-6-9-32-23(17(5)28-24(34)19-8-7-18(26)12-20(19)27)30-31-25(32)35-13-21(33)29-22-15(3)10-14(2)11-16(22)4/h6-8,10-12,17H,1,9,13H2,2-5H3,(H,28,34)(H,29,33)/t17-/m1/s1. The Hall–Kier alpha value is -2.81. The Balaban J connectivity index is 1.70. The van der Waals surface area contributed by atoms with Crippen molar-refractivity contribution in [1.29, 1.82) is 0 Å². The van der Waals surface area contributed by atoms with Gasteiger partial charge < -0.3 is 15.2 Å². The zero-order valence-electron chi connectivity index (χ0n) is 20.0. The van der Waals surface area contributed by atoms with Gasteiger partial charge in [-0.2, -0.15) is 0 Å². The van der Waals surface area contributed by atoms with Crippen LogP contribution in [0, 0.1) is 20.8 Å². The predicted octanol–water partition coefficient (Wildman–Crippen LogP) is 5.92. The smallest absolute Gasteiger partial charge is 0.253 e. The number of carbonyl (C=O) groups excluding carboxylic acids is 2. The number of anilines is 1. The number of hydrogen-bond acceptors (Lipinski definition) is 5. The van der Waals surface area contributed by atoms with Gasteiger partial charge in [-0.05, 0) is 57.0 Å². The van der Waals surface area contributed by atoms with Crippen LogP contribution >= 0.6 is 35.0 Å². The van der Waals surface area contributed by atoms with Crippen molar-refractivity contribution < 1.29 is 9.59 Å². The van der Waals surface area contributed by atoms with E-state index in [2.05, 4.69) is 27.4 Å². The van der Waals surface area contributed by atoms with Crippen LogP contribution in [0.1, 0.15) is 45.8 Å². The quantitative estimate of drug-likeness (QED) is 0.264. The molecule has 0 spiro atoms. The molecule has 7 nitrogen and oxygen atoms in total. The van der Waals surface area contributed by atoms with Gasteiger partial charge in [0, 0.05) is 17.3 Å². The molecule has 184 valence electrons. The third-order valence-electron chi connectivity index (χ3n) is 5.24. The zero-order valence-corrected chi connectivity index (χ0v) is 22.3. The first-order valence-electron chi connectivity index (χ1n) is 10.9. The van der Waals surface area contributed by atoms with Crippen LogP contribution in [-0.2, 0) is 11.3 Å². The molecular weight excluding hydrogens is 505 g/mol. The van der Waals surface area contributed by atoms with Crippen molar-refractivity contribution in [3.05, 3.63) is 81.1 Å². The first-order valence-corrected chi connectivity index (χ1v) is 12.6. The fourth-order valence-electron chi connectivity index (χ4n) is 3.72. The van der Waals surface area contributed by atoms with Gasteiger partial charge in [0.1, 0.15) is 0 Å². The minimum Gasteiger partial charge on any atom is -0.342 e. The van der Waals surface area contributed by atoms with Crippen LogP contribution in [0.3, 0.4) is 0 Å². The molecule has 2 N–H and O–H groups in total. The Labute approximate surface area is 219 Å². The molecule has 3 rings (SSSR count). The van der Waals surface area contributed by atoms with Crippen molar-refractivity contribution >= 4 is 52.5 Å². The molecular formula is C25H27Cl2N5O2S. The van der Waals surface area contributed by atoms with Gasteiger partial charge in [-0.3, -0.25) is 9.59 Å². The van der Waals surface area contributed by atoms with Gasteiger partial charge in [0.05, 0.1) is 22.4 Å². The van der Waals surface area contributed by atoms with Crippen molar-refractivity contribution in [3.8, 4) is 0 Å². The Morgan fingerprint density at radius 2 is 1.83 bits per heavy atom. The van der Waals surface area contributed by atoms with Crippen LogP contribution in [-0.4, -0.2) is 32.3 Å². The zero-order chi connectivity index (χ0) is 25.7. The molecule has 0 saturated carbocycles. The Morgan fingerprint density at radius 1 is 1.14 bits per heavy atom. The summed E-state index contributed by atoms with van der Waals surface area (Å²) in [5.74, 6) is 0.197. The summed E-state index contributed by atoms with van der Waals surface area (Å²) in [4.78, 5) is 25.4. The maximum Gasteiger partial charge on any atom is 0.253 e. The molecule has 0 aliphatic heterocycles. The Kier molecular flexibility index (Phi) is 8.99. The minimum absolute atomic E-state index is 0.140. The molecule has 3 aromatic rings. The van der Waals surface area contributed by atoms with Crippen molar-refractivity contribution in [2.45, 2.75) is 45.4 Å². The highest BCUT2D eigenvalue weighted by Gasteiger charge is 2.21. The highest BCUT2D eigenvalue weighted by molar-refractivity contribution is 7.99. The maximum absolute atomic E-state index is 12.7. The molecule has 0 radical (unpaired) electrons. The SMILES string of the molecule is C=CCn1c(SCC(=O)Nc2c(C)cc(C)cc2C)nnc1[C@@H](C)NC(=O)c1ccc(Cl)cc1Cl. The molecule has 35 heavy (non-hydrogen) atoms. The summed E-state index contributed by atoms with van der Waals surface area (Å²) < 4.78 is 1.82. The van der Waals surface area contributed by atoms with Crippen LogP contribution in [0.5, 0.6) is 0 Å². The second-order valence-electron chi connectivity index (χ2n) is 8.17. The summed E-state index contributed by atoms with van der Waals surface area (Å²) in [5.41, 5.74) is 4.32. The Bertz CT molecular complexity index is 1250. The van der Waals surface area contributed by atoms with E-state index >= 15 is 0 Å². The van der Waals surface area contributed by atoms with E-state index in [4.69, 9.17) is 23.2 Å². The number of halogens is 2. The van der Waals surface area contributed by atoms with Gasteiger partial charge >= 0.3 is 0 Å². The lowest BCUT2D eigenvalue weighted by atomic mass is 10.1. The van der Waals surface area contributed by atoms with E-state index in [-0.39, 0.29) is 22.6 Å². The number of aryl methyl sites for hydroxylation is 3. The summed E-state index contributed by atoms with van der Waals surface area (Å²) in [6.07, 6.45) is 1.71. The van der Waals surface area contributed by atoms with Gasteiger partial charge in [-0.1, -0.05) is 58.7 Å². The first kappa shape index (κ1) is 26.8. The molecule has 1 heterocycles. The number of allylic oxidation sites excluding steroid dienone is 1. The van der Waals surface area contributed by atoms with Crippen LogP contribution in [0.2, 0.25) is 10.0 Å². The van der Waals surface area contributed by atoms with E-state index in [1.54, 1.807) is 25.1 Å². The number of thioether (sulfide) groups is 1. The van der Waals surface area contributed by atoms with Gasteiger partial charge in [-0.25, -0.2) is 0 Å². The van der Waals surface area contributed by atoms with Crippen LogP contribution in [0.4, 0.5) is 5.69 Å². The van der Waals surface area contributed by atoms with E-state index < -0.39 is 6.04 Å². The van der Waals surface area contributed by atoms with Gasteiger partial charge in [0.25, 0.3) is 5.91 Å². The average Bonchev–Trinajstić information content (AvgIpc) is 3.17. The average molecular weight is 532 g/mol. The molecule has 1 atom stereocenters. The topological polar surface area (TPSA) is 88.9 Å². The van der Waals surface area contributed by atoms with Crippen LogP contribution in [0.15, 0.2) is 48.1 Å². The molecule has 10 heteroatoms. The van der Waals surface area contributed by atoms with Crippen LogP contribution < -0.4 is 10.6 Å². The lowest BCUT2D eigenvalue weighted by Gasteiger charge is -2.16. The maximum atomic E-state index is 12.7. The molecule has 2 aromatic carbocycles. The number of amides is 2. The number of nitrogens with zero attached hydrogens (tertiary/aromatic N) is 3. The molecule has 0 aliphatic rings. The highest BCUT2D eigenvalue weighted by atomic mass is 35.5. The van der Waals surface area contributed by atoms with Crippen molar-refractivity contribution in [1.82, 2.24) is 20.1 Å². The minimum atomic E-state index is -0.470. The fourth-order valence-corrected chi connectivity index (χ4v) is 4.97. The third kappa shape index (κ3) is 6.66. The van der Waals surface area contributed by atoms with Crippen LogP contribution in [0.25, 0.3) is 0 Å². The molecule has 0 aliphatic carbocycles. The number of aromatic nitrogens is 3. The van der Waals surface area contributed by atoms with E-state index in [0.717, 1.165) is 22.4 Å². The van der Waals surface area contributed by atoms with E-state index in [1.165, 1.54) is 17.8 Å². The second-order valence-corrected chi connectivity index (χ2v) is 9.96. The highest BCUT2D eigenvalue weighted by Crippen LogP contribution is 2.25. The molecule has 0 fully saturated rings. The van der Waals surface area contributed by atoms with Crippen molar-refractivity contribution in [3.63, 3.8) is 0 Å². The first-order chi connectivity index (χ1) is 16.6. The van der Waals surface area contributed by atoms with E-state index in [9.17, 15) is 9.59 Å². The third-order valence-corrected chi connectivity index (χ3v) is 6.76. The van der Waals surface area contributed by atoms with Gasteiger partial charge in [0.15, 0.2) is 11.0 Å². The number of nitrogens with one attached hydrogen (secondary N) is 2. The fraction of sp³-hybridized carbons (Fsp3) is 0.280. The molecule has 0 saturated heterocycles. The predicted molar refractivity (Wildman–Crippen MR) is 143 cm³/mol. The van der Waals surface area contributed by atoms with E-state index in [1.807, 2.05) is 37.5 Å². The van der Waals surface area contributed by atoms with E-state index in [0.29, 0.717) is 28.1 Å². The summed E-state index contributed by atoms with van der Waals surface area (Å²) in [6.45, 7) is 12.0. The monoisotopic (exact) mass is 531 g/mol. The number of benzene rings is 2. The molecule has 1 aromatic heterocycles. The Morgan fingerprint density at radius 3 is 2.46 bits per heavy atom. The van der Waals surface area contributed by atoms with Gasteiger partial charge in [0.2, 0.25) is 5.91 Å². The lowest BCUT2D eigenvalue weighted by molar-refractivity contribution is -0.113. The largest absolute Gasteiger partial charge is 0.342 e. The van der Waals surface area contributed by atoms with Crippen molar-refractivity contribution in [2.75, 3.05) is 11.1 Å². The number of rotatable bonds is 9. The lowest BCUT2D eigenvalue weighted by Crippen LogP contribution is -2.29. The number of carbonyl (C=O) groups is 2. The molecule has 0 unspecified atom stereocenters. The van der Waals surface area contributed by atoms with Crippen molar-refractivity contribution in [2.24, 2.45) is 0 Å². The summed E-state index contributed by atoms with van der Waals surface area (Å²) in [6, 6.07) is 8.29. The molecule has 2 amide bonds. The molecule has 0 bridgehead atoms. The second kappa shape index (κ2) is 11.7. The normalized spacial score (nSPS) is 11.7. The summed E-state index contributed by atoms with van der Waals surface area (Å²) >= 11 is 13.4. The summed E-state index contributed by atoms with van der Waals surface area (Å²) in [5, 5.41) is 15.6. The van der Waals surface area contributed by atoms with Gasteiger partial charge in [-0.15, -0.1) is 16.8 Å². The summed E-state index contributed by atoms with van der Waals surface area (Å²) in [7, 11) is 0. The number of hydrogen-bond donors (Lipinski definition) is 2.